The Hall–Kier alpha value is -3.15. The number of nitrogens with zero attached hydrogens (tertiary/aromatic N) is 2. The minimum absolute atomic E-state index is 0.0794. The first-order valence-corrected chi connectivity index (χ1v) is 10.0. The molecule has 0 aliphatic rings. The molecule has 0 spiro atoms. The van der Waals surface area contributed by atoms with Gasteiger partial charge in [0.05, 0.1) is 31.1 Å². The summed E-state index contributed by atoms with van der Waals surface area (Å²) in [5.41, 5.74) is 1.12. The van der Waals surface area contributed by atoms with Crippen LogP contribution >= 0.6 is 0 Å². The van der Waals surface area contributed by atoms with Crippen LogP contribution in [-0.2, 0) is 11.2 Å². The number of aryl methyl sites for hydroxylation is 1. The second kappa shape index (κ2) is 11.9. The molecule has 166 valence electrons. The summed E-state index contributed by atoms with van der Waals surface area (Å²) < 4.78 is 24.4. The Morgan fingerprint density at radius 1 is 1.32 bits per heavy atom. The minimum atomic E-state index is -0.982. The molecule has 0 saturated carbocycles. The number of anilines is 1. The first kappa shape index (κ1) is 24.1. The van der Waals surface area contributed by atoms with Crippen LogP contribution in [-0.4, -0.2) is 50.0 Å². The number of nitriles is 1. The van der Waals surface area contributed by atoms with E-state index in [0.29, 0.717) is 0 Å². The van der Waals surface area contributed by atoms with Crippen molar-refractivity contribution in [2.45, 2.75) is 25.9 Å². The maximum absolute atomic E-state index is 14.5. The van der Waals surface area contributed by atoms with Gasteiger partial charge in [0.2, 0.25) is 0 Å². The molecule has 0 saturated heterocycles. The number of benzene rings is 2. The van der Waals surface area contributed by atoms with Gasteiger partial charge >= 0.3 is 6.09 Å². The van der Waals surface area contributed by atoms with Crippen LogP contribution in [0.1, 0.15) is 36.1 Å². The van der Waals surface area contributed by atoms with Gasteiger partial charge in [0, 0.05) is 6.54 Å². The SMILES string of the molecule is CCOC(=O)Nc1c(F)cc(C(O)CN(C)CCCc2ccc(OC)cc2)cc1C#N. The lowest BCUT2D eigenvalue weighted by molar-refractivity contribution is 0.126. The normalized spacial score (nSPS) is 11.6. The summed E-state index contributed by atoms with van der Waals surface area (Å²) in [6.45, 7) is 2.75. The number of hydrogen-bond acceptors (Lipinski definition) is 6. The predicted octanol–water partition coefficient (Wildman–Crippen LogP) is 3.87. The Balaban J connectivity index is 1.94. The second-order valence-electron chi connectivity index (χ2n) is 7.11. The molecule has 2 rings (SSSR count). The zero-order chi connectivity index (χ0) is 22.8. The lowest BCUT2D eigenvalue weighted by Crippen LogP contribution is -2.26. The fourth-order valence-electron chi connectivity index (χ4n) is 3.14. The fourth-order valence-corrected chi connectivity index (χ4v) is 3.14. The number of ether oxygens (including phenoxy) is 2. The van der Waals surface area contributed by atoms with Crippen LogP contribution in [0.2, 0.25) is 0 Å². The lowest BCUT2D eigenvalue weighted by atomic mass is 10.0. The number of aliphatic hydroxyl groups is 1. The molecule has 0 aliphatic heterocycles. The average molecular weight is 429 g/mol. The molecule has 2 N–H and O–H groups in total. The van der Waals surface area contributed by atoms with Crippen molar-refractivity contribution >= 4 is 11.8 Å². The molecule has 0 heterocycles. The van der Waals surface area contributed by atoms with Gasteiger partial charge in [-0.15, -0.1) is 0 Å². The van der Waals surface area contributed by atoms with Crippen LogP contribution < -0.4 is 10.1 Å². The molecular formula is C23H28FN3O4. The van der Waals surface area contributed by atoms with Crippen LogP contribution in [0, 0.1) is 17.1 Å². The summed E-state index contributed by atoms with van der Waals surface area (Å²) in [7, 11) is 3.50. The first-order chi connectivity index (χ1) is 14.9. The molecule has 0 fully saturated rings. The van der Waals surface area contributed by atoms with E-state index < -0.39 is 18.0 Å². The summed E-state index contributed by atoms with van der Waals surface area (Å²) in [4.78, 5) is 13.5. The highest BCUT2D eigenvalue weighted by atomic mass is 19.1. The van der Waals surface area contributed by atoms with E-state index in [1.807, 2.05) is 42.3 Å². The number of aliphatic hydroxyl groups excluding tert-OH is 1. The minimum Gasteiger partial charge on any atom is -0.497 e. The molecule has 1 amide bonds. The molecule has 0 bridgehead atoms. The molecule has 1 atom stereocenters. The van der Waals surface area contributed by atoms with E-state index in [0.717, 1.165) is 31.2 Å². The zero-order valence-electron chi connectivity index (χ0n) is 18.0. The Bertz CT molecular complexity index is 912. The number of rotatable bonds is 10. The first-order valence-electron chi connectivity index (χ1n) is 10.0. The molecular weight excluding hydrogens is 401 g/mol. The van der Waals surface area contributed by atoms with Gasteiger partial charge in [-0.1, -0.05) is 12.1 Å². The van der Waals surface area contributed by atoms with Gasteiger partial charge in [-0.2, -0.15) is 5.26 Å². The van der Waals surface area contributed by atoms with Crippen molar-refractivity contribution in [2.75, 3.05) is 39.2 Å². The van der Waals surface area contributed by atoms with E-state index in [1.54, 1.807) is 14.0 Å². The molecule has 0 aliphatic carbocycles. The third-order valence-corrected chi connectivity index (χ3v) is 4.77. The number of carbonyl (C=O) groups is 1. The van der Waals surface area contributed by atoms with Crippen molar-refractivity contribution in [1.82, 2.24) is 4.90 Å². The van der Waals surface area contributed by atoms with Gasteiger partial charge in [-0.3, -0.25) is 5.32 Å². The highest BCUT2D eigenvalue weighted by molar-refractivity contribution is 5.86. The fraction of sp³-hybridized carbons (Fsp3) is 0.391. The van der Waals surface area contributed by atoms with Crippen LogP contribution in [0.4, 0.5) is 14.9 Å². The number of carbonyl (C=O) groups excluding carboxylic acids is 1. The Morgan fingerprint density at radius 3 is 2.65 bits per heavy atom. The number of nitrogens with one attached hydrogen (secondary N) is 1. The highest BCUT2D eigenvalue weighted by Crippen LogP contribution is 2.26. The molecule has 1 unspecified atom stereocenters. The van der Waals surface area contributed by atoms with Crippen LogP contribution in [0.15, 0.2) is 36.4 Å². The third kappa shape index (κ3) is 7.24. The monoisotopic (exact) mass is 429 g/mol. The summed E-state index contributed by atoms with van der Waals surface area (Å²) in [6.07, 6.45) is -0.0613. The van der Waals surface area contributed by atoms with Crippen molar-refractivity contribution in [2.24, 2.45) is 0 Å². The topological polar surface area (TPSA) is 94.8 Å². The molecule has 2 aromatic rings. The summed E-state index contributed by atoms with van der Waals surface area (Å²) in [6, 6.07) is 12.2. The van der Waals surface area contributed by atoms with Gasteiger partial charge in [-0.05, 0) is 68.8 Å². The van der Waals surface area contributed by atoms with Crippen molar-refractivity contribution in [3.8, 4) is 11.8 Å². The van der Waals surface area contributed by atoms with E-state index in [9.17, 15) is 19.6 Å². The van der Waals surface area contributed by atoms with Gasteiger partial charge in [-0.25, -0.2) is 9.18 Å². The van der Waals surface area contributed by atoms with Gasteiger partial charge in [0.1, 0.15) is 17.6 Å². The number of methoxy groups -OCH3 is 1. The lowest BCUT2D eigenvalue weighted by Gasteiger charge is -2.21. The number of halogens is 1. The summed E-state index contributed by atoms with van der Waals surface area (Å²) in [5.74, 6) is 0.0137. The molecule has 8 heteroatoms. The van der Waals surface area contributed by atoms with E-state index in [4.69, 9.17) is 9.47 Å². The maximum atomic E-state index is 14.5. The van der Waals surface area contributed by atoms with E-state index >= 15 is 0 Å². The van der Waals surface area contributed by atoms with Crippen LogP contribution in [0.3, 0.4) is 0 Å². The molecule has 7 nitrogen and oxygen atoms in total. The van der Waals surface area contributed by atoms with E-state index in [-0.39, 0.29) is 30.0 Å². The second-order valence-corrected chi connectivity index (χ2v) is 7.11. The summed E-state index contributed by atoms with van der Waals surface area (Å²) >= 11 is 0. The molecule has 0 radical (unpaired) electrons. The van der Waals surface area contributed by atoms with E-state index in [1.165, 1.54) is 11.6 Å². The molecule has 2 aromatic carbocycles. The Kier molecular flexibility index (Phi) is 9.25. The summed E-state index contributed by atoms with van der Waals surface area (Å²) in [5, 5.41) is 22.1. The number of amides is 1. The zero-order valence-corrected chi connectivity index (χ0v) is 18.0. The molecule has 0 aromatic heterocycles. The standard InChI is InChI=1S/C23H28FN3O4/c1-4-31-23(29)26-22-18(14-25)12-17(13-20(22)24)21(28)15-27(2)11-5-6-16-7-9-19(30-3)10-8-16/h7-10,12-13,21,28H,4-6,11,15H2,1-3H3,(H,26,29). The van der Waals surface area contributed by atoms with Crippen LogP contribution in [0.5, 0.6) is 5.75 Å². The Morgan fingerprint density at radius 2 is 2.03 bits per heavy atom. The number of hydrogen-bond donors (Lipinski definition) is 2. The maximum Gasteiger partial charge on any atom is 0.411 e. The van der Waals surface area contributed by atoms with Gasteiger partial charge < -0.3 is 19.5 Å². The van der Waals surface area contributed by atoms with Crippen molar-refractivity contribution in [3.05, 3.63) is 58.9 Å². The average Bonchev–Trinajstić information content (AvgIpc) is 2.75. The third-order valence-electron chi connectivity index (χ3n) is 4.77. The van der Waals surface area contributed by atoms with Crippen LogP contribution in [0.25, 0.3) is 0 Å². The van der Waals surface area contributed by atoms with Crippen molar-refractivity contribution in [3.63, 3.8) is 0 Å². The van der Waals surface area contributed by atoms with E-state index in [2.05, 4.69) is 5.32 Å². The van der Waals surface area contributed by atoms with Gasteiger partial charge in [0.15, 0.2) is 0 Å². The van der Waals surface area contributed by atoms with Gasteiger partial charge in [0.25, 0.3) is 0 Å². The van der Waals surface area contributed by atoms with Crippen molar-refractivity contribution in [1.29, 1.82) is 5.26 Å². The Labute approximate surface area is 182 Å². The predicted molar refractivity (Wildman–Crippen MR) is 116 cm³/mol. The quantitative estimate of drug-likeness (QED) is 0.595. The molecule has 31 heavy (non-hydrogen) atoms. The smallest absolute Gasteiger partial charge is 0.411 e. The largest absolute Gasteiger partial charge is 0.497 e. The number of likely N-dealkylation sites (N-methyl/N-ethyl adjacent to an activating group) is 1. The highest BCUT2D eigenvalue weighted by Gasteiger charge is 2.18. The van der Waals surface area contributed by atoms with Crippen molar-refractivity contribution < 1.29 is 23.8 Å².